The lowest BCUT2D eigenvalue weighted by Gasteiger charge is -2.31. The maximum atomic E-state index is 11.1. The highest BCUT2D eigenvalue weighted by Gasteiger charge is 2.27. The highest BCUT2D eigenvalue weighted by Crippen LogP contribution is 2.28. The molecule has 3 rings (SSSR count). The van der Waals surface area contributed by atoms with Crippen molar-refractivity contribution in [2.75, 3.05) is 18.0 Å². The Labute approximate surface area is 104 Å². The van der Waals surface area contributed by atoms with E-state index in [0.717, 1.165) is 36.2 Å². The quantitative estimate of drug-likeness (QED) is 0.879. The summed E-state index contributed by atoms with van der Waals surface area (Å²) in [6, 6.07) is 3.69. The molecule has 18 heavy (non-hydrogen) atoms. The van der Waals surface area contributed by atoms with Crippen LogP contribution in [0, 0.1) is 5.92 Å². The lowest BCUT2D eigenvalue weighted by molar-refractivity contribution is -0.141. The number of piperidine rings is 1. The molecule has 1 unspecified atom stereocenters. The molecule has 0 spiro atoms. The largest absolute Gasteiger partial charge is 0.481 e. The lowest BCUT2D eigenvalue weighted by atomic mass is 9.98. The van der Waals surface area contributed by atoms with Crippen molar-refractivity contribution < 1.29 is 14.3 Å². The Kier molecular flexibility index (Phi) is 2.66. The van der Waals surface area contributed by atoms with Crippen LogP contribution >= 0.6 is 0 Å². The number of carboxylic acid groups (broad SMARTS) is 1. The molecule has 1 aliphatic heterocycles. The molecule has 94 valence electrons. The number of carbonyl (C=O) groups is 1. The van der Waals surface area contributed by atoms with Crippen LogP contribution in [0.4, 0.5) is 5.82 Å². The second kappa shape index (κ2) is 4.33. The summed E-state index contributed by atoms with van der Waals surface area (Å²) in [6.07, 6.45) is 4.96. The predicted molar refractivity (Wildman–Crippen MR) is 66.6 cm³/mol. The van der Waals surface area contributed by atoms with Gasteiger partial charge in [0.05, 0.1) is 17.6 Å². The molecule has 1 N–H and O–H groups in total. The van der Waals surface area contributed by atoms with Gasteiger partial charge in [0.1, 0.15) is 11.4 Å². The number of hydrogen-bond acceptors (Lipinski definition) is 4. The summed E-state index contributed by atoms with van der Waals surface area (Å²) in [7, 11) is 0. The first-order valence-electron chi connectivity index (χ1n) is 6.05. The first kappa shape index (κ1) is 11.1. The van der Waals surface area contributed by atoms with Gasteiger partial charge in [0, 0.05) is 19.3 Å². The Balaban J connectivity index is 1.94. The Morgan fingerprint density at radius 2 is 2.39 bits per heavy atom. The van der Waals surface area contributed by atoms with Gasteiger partial charge < -0.3 is 14.4 Å². The van der Waals surface area contributed by atoms with Crippen molar-refractivity contribution in [2.45, 2.75) is 12.8 Å². The lowest BCUT2D eigenvalue weighted by Crippen LogP contribution is -2.39. The van der Waals surface area contributed by atoms with Crippen LogP contribution in [-0.4, -0.2) is 29.1 Å². The van der Waals surface area contributed by atoms with Crippen LogP contribution in [-0.2, 0) is 4.79 Å². The highest BCUT2D eigenvalue weighted by atomic mass is 16.4. The number of anilines is 1. The molecule has 2 aromatic rings. The van der Waals surface area contributed by atoms with E-state index in [1.54, 1.807) is 12.5 Å². The van der Waals surface area contributed by atoms with Gasteiger partial charge in [-0.15, -0.1) is 0 Å². The van der Waals surface area contributed by atoms with E-state index in [-0.39, 0.29) is 5.92 Å². The maximum absolute atomic E-state index is 11.1. The maximum Gasteiger partial charge on any atom is 0.308 e. The van der Waals surface area contributed by atoms with E-state index in [9.17, 15) is 4.79 Å². The predicted octanol–water partition coefficient (Wildman–Crippen LogP) is 2.13. The van der Waals surface area contributed by atoms with Crippen molar-refractivity contribution in [1.29, 1.82) is 0 Å². The SMILES string of the molecule is O=C(O)C1CCCN(c2nccc3occc23)C1. The number of aliphatic carboxylic acids is 1. The molecular weight excluding hydrogens is 232 g/mol. The van der Waals surface area contributed by atoms with Crippen molar-refractivity contribution >= 4 is 22.8 Å². The minimum Gasteiger partial charge on any atom is -0.481 e. The molecule has 1 saturated heterocycles. The second-order valence-corrected chi connectivity index (χ2v) is 4.59. The summed E-state index contributed by atoms with van der Waals surface area (Å²) in [5.74, 6) is -0.200. The fourth-order valence-electron chi connectivity index (χ4n) is 2.50. The fraction of sp³-hybridized carbons (Fsp3) is 0.385. The summed E-state index contributed by atoms with van der Waals surface area (Å²) in [5, 5.41) is 10.1. The molecule has 3 heterocycles. The van der Waals surface area contributed by atoms with E-state index in [1.165, 1.54) is 0 Å². The van der Waals surface area contributed by atoms with Gasteiger partial charge in [-0.2, -0.15) is 0 Å². The van der Waals surface area contributed by atoms with Gasteiger partial charge in [0.2, 0.25) is 0 Å². The number of aromatic nitrogens is 1. The Hall–Kier alpha value is -2.04. The number of rotatable bonds is 2. The van der Waals surface area contributed by atoms with Crippen molar-refractivity contribution in [1.82, 2.24) is 4.98 Å². The van der Waals surface area contributed by atoms with Gasteiger partial charge in [-0.3, -0.25) is 4.79 Å². The Morgan fingerprint density at radius 3 is 3.22 bits per heavy atom. The van der Waals surface area contributed by atoms with Gasteiger partial charge in [0.15, 0.2) is 0 Å². The minimum absolute atomic E-state index is 0.303. The number of hydrogen-bond donors (Lipinski definition) is 1. The molecule has 0 aromatic carbocycles. The first-order chi connectivity index (χ1) is 8.75. The zero-order valence-corrected chi connectivity index (χ0v) is 9.87. The molecule has 0 radical (unpaired) electrons. The van der Waals surface area contributed by atoms with Crippen molar-refractivity contribution in [3.05, 3.63) is 24.6 Å². The summed E-state index contributed by atoms with van der Waals surface area (Å²) >= 11 is 0. The number of furan rings is 1. The molecule has 1 aliphatic rings. The highest BCUT2D eigenvalue weighted by molar-refractivity contribution is 5.88. The zero-order chi connectivity index (χ0) is 12.5. The number of pyridine rings is 1. The third kappa shape index (κ3) is 1.81. The van der Waals surface area contributed by atoms with Crippen LogP contribution in [0.1, 0.15) is 12.8 Å². The number of nitrogens with zero attached hydrogens (tertiary/aromatic N) is 2. The molecule has 2 aromatic heterocycles. The van der Waals surface area contributed by atoms with Gasteiger partial charge in [-0.05, 0) is 25.0 Å². The first-order valence-corrected chi connectivity index (χ1v) is 6.05. The fourth-order valence-corrected chi connectivity index (χ4v) is 2.50. The molecule has 5 nitrogen and oxygen atoms in total. The van der Waals surface area contributed by atoms with Crippen LogP contribution in [0.5, 0.6) is 0 Å². The van der Waals surface area contributed by atoms with Crippen molar-refractivity contribution in [3.8, 4) is 0 Å². The van der Waals surface area contributed by atoms with Gasteiger partial charge in [0.25, 0.3) is 0 Å². The van der Waals surface area contributed by atoms with E-state index < -0.39 is 5.97 Å². The van der Waals surface area contributed by atoms with Crippen LogP contribution in [0.15, 0.2) is 29.0 Å². The standard InChI is InChI=1S/C13H14N2O3/c16-13(17)9-2-1-6-15(8-9)12-10-4-7-18-11(10)3-5-14-12/h3-5,7,9H,1-2,6,8H2,(H,16,17). The summed E-state index contributed by atoms with van der Waals surface area (Å²) in [5.41, 5.74) is 0.789. The summed E-state index contributed by atoms with van der Waals surface area (Å²) < 4.78 is 5.34. The van der Waals surface area contributed by atoms with Gasteiger partial charge in [-0.1, -0.05) is 0 Å². The third-order valence-corrected chi connectivity index (χ3v) is 3.43. The van der Waals surface area contributed by atoms with E-state index in [0.29, 0.717) is 6.54 Å². The summed E-state index contributed by atoms with van der Waals surface area (Å²) in [6.45, 7) is 1.37. The Bertz CT molecular complexity index is 578. The van der Waals surface area contributed by atoms with Crippen LogP contribution < -0.4 is 4.90 Å². The molecule has 0 saturated carbocycles. The van der Waals surface area contributed by atoms with E-state index in [4.69, 9.17) is 9.52 Å². The van der Waals surface area contributed by atoms with Crippen molar-refractivity contribution in [3.63, 3.8) is 0 Å². The van der Waals surface area contributed by atoms with Gasteiger partial charge >= 0.3 is 5.97 Å². The number of carboxylic acids is 1. The third-order valence-electron chi connectivity index (χ3n) is 3.43. The number of fused-ring (bicyclic) bond motifs is 1. The smallest absolute Gasteiger partial charge is 0.308 e. The molecule has 5 heteroatoms. The average molecular weight is 246 g/mol. The molecule has 0 amide bonds. The molecule has 1 fully saturated rings. The topological polar surface area (TPSA) is 66.6 Å². The van der Waals surface area contributed by atoms with Crippen LogP contribution in [0.3, 0.4) is 0 Å². The molecule has 1 atom stereocenters. The molecule has 0 bridgehead atoms. The van der Waals surface area contributed by atoms with E-state index in [2.05, 4.69) is 4.98 Å². The second-order valence-electron chi connectivity index (χ2n) is 4.59. The van der Waals surface area contributed by atoms with Crippen molar-refractivity contribution in [2.24, 2.45) is 5.92 Å². The van der Waals surface area contributed by atoms with E-state index >= 15 is 0 Å². The van der Waals surface area contributed by atoms with E-state index in [1.807, 2.05) is 17.0 Å². The zero-order valence-electron chi connectivity index (χ0n) is 9.87. The summed E-state index contributed by atoms with van der Waals surface area (Å²) in [4.78, 5) is 17.5. The molecule has 0 aliphatic carbocycles. The average Bonchev–Trinajstić information content (AvgIpc) is 2.87. The Morgan fingerprint density at radius 1 is 1.50 bits per heavy atom. The van der Waals surface area contributed by atoms with Crippen LogP contribution in [0.2, 0.25) is 0 Å². The minimum atomic E-state index is -0.723. The van der Waals surface area contributed by atoms with Gasteiger partial charge in [-0.25, -0.2) is 4.98 Å². The molecular formula is C13H14N2O3. The monoisotopic (exact) mass is 246 g/mol. The van der Waals surface area contributed by atoms with Crippen LogP contribution in [0.25, 0.3) is 11.0 Å². The normalized spacial score (nSPS) is 20.2.